The molecule has 0 radical (unpaired) electrons. The lowest BCUT2D eigenvalue weighted by molar-refractivity contribution is 0.391. The second-order valence-electron chi connectivity index (χ2n) is 9.04. The average Bonchev–Trinajstić information content (AvgIpc) is 2.55. The first-order valence-corrected chi connectivity index (χ1v) is 9.19. The lowest BCUT2D eigenvalue weighted by atomic mass is 9.84. The maximum Gasteiger partial charge on any atom is 0.123 e. The first-order chi connectivity index (χ1) is 12.4. The summed E-state index contributed by atoms with van der Waals surface area (Å²) >= 11 is 0. The van der Waals surface area contributed by atoms with Crippen molar-refractivity contribution in [3.05, 3.63) is 46.5 Å². The van der Waals surface area contributed by atoms with E-state index in [1.54, 1.807) is 26.4 Å². The minimum absolute atomic E-state index is 0.152. The number of methoxy groups -OCH3 is 2. The van der Waals surface area contributed by atoms with Crippen LogP contribution in [0.3, 0.4) is 0 Å². The average molecular weight is 373 g/mol. The molecule has 148 valence electrons. The SMILES string of the molecule is COc1cc(Cc2cc(OC)c(C(C)(C)C)cc2O)c(O)cc1C(C)(C)C. The number of aromatic hydroxyl groups is 2. The molecular weight excluding hydrogens is 340 g/mol. The molecule has 0 heterocycles. The highest BCUT2D eigenvalue weighted by Crippen LogP contribution is 2.40. The lowest BCUT2D eigenvalue weighted by Crippen LogP contribution is -2.14. The fourth-order valence-electron chi connectivity index (χ4n) is 3.22. The Bertz CT molecular complexity index is 754. The standard InChI is InChI=1S/C23H32O4/c1-22(2,3)16-12-18(24)14(10-20(16)26-7)9-15-11-21(27-8)17(13-19(15)25)23(4,5)6/h10-13,24-25H,9H2,1-8H3. The predicted octanol–water partition coefficient (Wildman–Crippen LogP) is 5.30. The van der Waals surface area contributed by atoms with Gasteiger partial charge < -0.3 is 19.7 Å². The Balaban J connectivity index is 2.51. The van der Waals surface area contributed by atoms with E-state index in [-0.39, 0.29) is 22.3 Å². The fraction of sp³-hybridized carbons (Fsp3) is 0.478. The van der Waals surface area contributed by atoms with E-state index in [1.165, 1.54) is 0 Å². The Hall–Kier alpha value is -2.36. The third-order valence-electron chi connectivity index (χ3n) is 4.80. The largest absolute Gasteiger partial charge is 0.508 e. The molecule has 0 aromatic heterocycles. The molecule has 0 aliphatic rings. The molecule has 2 aromatic rings. The van der Waals surface area contributed by atoms with E-state index in [9.17, 15) is 10.2 Å². The van der Waals surface area contributed by atoms with Gasteiger partial charge in [-0.05, 0) is 35.1 Å². The second kappa shape index (κ2) is 7.34. The molecule has 0 amide bonds. The summed E-state index contributed by atoms with van der Waals surface area (Å²) in [5, 5.41) is 21.1. The van der Waals surface area contributed by atoms with Crippen molar-refractivity contribution in [2.24, 2.45) is 0 Å². The van der Waals surface area contributed by atoms with Gasteiger partial charge in [0.05, 0.1) is 14.2 Å². The monoisotopic (exact) mass is 372 g/mol. The van der Waals surface area contributed by atoms with E-state index >= 15 is 0 Å². The third-order valence-corrected chi connectivity index (χ3v) is 4.80. The molecule has 0 fully saturated rings. The summed E-state index contributed by atoms with van der Waals surface area (Å²) in [5.41, 5.74) is 2.97. The zero-order valence-corrected chi connectivity index (χ0v) is 17.7. The highest BCUT2D eigenvalue weighted by Gasteiger charge is 2.24. The van der Waals surface area contributed by atoms with E-state index < -0.39 is 0 Å². The molecule has 0 aliphatic carbocycles. The normalized spacial score (nSPS) is 12.1. The summed E-state index contributed by atoms with van der Waals surface area (Å²) in [4.78, 5) is 0. The Morgan fingerprint density at radius 2 is 1.00 bits per heavy atom. The molecule has 0 bridgehead atoms. The van der Waals surface area contributed by atoms with Crippen molar-refractivity contribution < 1.29 is 19.7 Å². The number of ether oxygens (including phenoxy) is 2. The molecule has 0 saturated heterocycles. The van der Waals surface area contributed by atoms with Crippen molar-refractivity contribution in [3.8, 4) is 23.0 Å². The first-order valence-electron chi connectivity index (χ1n) is 9.19. The van der Waals surface area contributed by atoms with Gasteiger partial charge in [-0.2, -0.15) is 0 Å². The predicted molar refractivity (Wildman–Crippen MR) is 110 cm³/mol. The number of hydrogen-bond acceptors (Lipinski definition) is 4. The minimum atomic E-state index is -0.152. The van der Waals surface area contributed by atoms with Gasteiger partial charge in [0.1, 0.15) is 23.0 Å². The molecule has 0 unspecified atom stereocenters. The number of rotatable bonds is 4. The lowest BCUT2D eigenvalue weighted by Gasteiger charge is -2.24. The van der Waals surface area contributed by atoms with Gasteiger partial charge in [-0.15, -0.1) is 0 Å². The van der Waals surface area contributed by atoms with Crippen LogP contribution in [0.2, 0.25) is 0 Å². The summed E-state index contributed by atoms with van der Waals surface area (Å²) in [7, 11) is 3.26. The molecular formula is C23H32O4. The highest BCUT2D eigenvalue weighted by atomic mass is 16.5. The van der Waals surface area contributed by atoms with Gasteiger partial charge in [0, 0.05) is 28.7 Å². The van der Waals surface area contributed by atoms with E-state index in [2.05, 4.69) is 41.5 Å². The van der Waals surface area contributed by atoms with Gasteiger partial charge in [-0.3, -0.25) is 0 Å². The molecule has 4 nitrogen and oxygen atoms in total. The number of benzene rings is 2. The van der Waals surface area contributed by atoms with Crippen LogP contribution >= 0.6 is 0 Å². The zero-order valence-electron chi connectivity index (χ0n) is 17.7. The summed E-state index contributed by atoms with van der Waals surface area (Å²) in [6.07, 6.45) is 0.374. The fourth-order valence-corrected chi connectivity index (χ4v) is 3.22. The summed E-state index contributed by atoms with van der Waals surface area (Å²) in [6, 6.07) is 7.21. The Labute approximate surface area is 162 Å². The highest BCUT2D eigenvalue weighted by molar-refractivity contribution is 5.54. The molecule has 2 N–H and O–H groups in total. The van der Waals surface area contributed by atoms with Crippen molar-refractivity contribution in [3.63, 3.8) is 0 Å². The van der Waals surface area contributed by atoms with Crippen molar-refractivity contribution in [2.45, 2.75) is 58.8 Å². The van der Waals surface area contributed by atoms with Crippen molar-refractivity contribution in [1.82, 2.24) is 0 Å². The maximum atomic E-state index is 10.6. The zero-order chi connectivity index (χ0) is 20.6. The van der Waals surface area contributed by atoms with Crippen molar-refractivity contribution >= 4 is 0 Å². The number of hydrogen-bond donors (Lipinski definition) is 2. The van der Waals surface area contributed by atoms with Gasteiger partial charge >= 0.3 is 0 Å². The van der Waals surface area contributed by atoms with Gasteiger partial charge in [0.15, 0.2) is 0 Å². The smallest absolute Gasteiger partial charge is 0.123 e. The van der Waals surface area contributed by atoms with Gasteiger partial charge in [-0.1, -0.05) is 41.5 Å². The molecule has 0 saturated carbocycles. The quantitative estimate of drug-likeness (QED) is 0.764. The van der Waals surface area contributed by atoms with Crippen LogP contribution in [0.15, 0.2) is 24.3 Å². The van der Waals surface area contributed by atoms with Crippen LogP contribution in [0.25, 0.3) is 0 Å². The minimum Gasteiger partial charge on any atom is -0.508 e. The second-order valence-corrected chi connectivity index (χ2v) is 9.04. The van der Waals surface area contributed by atoms with Gasteiger partial charge in [-0.25, -0.2) is 0 Å². The van der Waals surface area contributed by atoms with Crippen LogP contribution in [0.4, 0.5) is 0 Å². The Kier molecular flexibility index (Phi) is 5.69. The number of phenols is 2. The van der Waals surface area contributed by atoms with Crippen molar-refractivity contribution in [1.29, 1.82) is 0 Å². The number of phenolic OH excluding ortho intramolecular Hbond substituents is 2. The van der Waals surface area contributed by atoms with Crippen molar-refractivity contribution in [2.75, 3.05) is 14.2 Å². The van der Waals surface area contributed by atoms with Crippen LogP contribution in [0.5, 0.6) is 23.0 Å². The van der Waals surface area contributed by atoms with Gasteiger partial charge in [0.2, 0.25) is 0 Å². The summed E-state index contributed by atoms with van der Waals surface area (Å²) in [6.45, 7) is 12.5. The summed E-state index contributed by atoms with van der Waals surface area (Å²) in [5.74, 6) is 1.85. The Morgan fingerprint density at radius 1 is 0.667 bits per heavy atom. The van der Waals surface area contributed by atoms with Crippen LogP contribution < -0.4 is 9.47 Å². The molecule has 0 aliphatic heterocycles. The van der Waals surface area contributed by atoms with E-state index in [0.29, 0.717) is 17.5 Å². The summed E-state index contributed by atoms with van der Waals surface area (Å²) < 4.78 is 11.1. The van der Waals surface area contributed by atoms with Crippen LogP contribution in [-0.2, 0) is 17.3 Å². The molecule has 4 heteroatoms. The van der Waals surface area contributed by atoms with E-state index in [0.717, 1.165) is 22.6 Å². The van der Waals surface area contributed by atoms with Crippen LogP contribution in [-0.4, -0.2) is 24.4 Å². The molecule has 27 heavy (non-hydrogen) atoms. The Morgan fingerprint density at radius 3 is 1.26 bits per heavy atom. The first kappa shape index (κ1) is 20.9. The van der Waals surface area contributed by atoms with Gasteiger partial charge in [0.25, 0.3) is 0 Å². The van der Waals surface area contributed by atoms with Crippen LogP contribution in [0.1, 0.15) is 63.8 Å². The van der Waals surface area contributed by atoms with E-state index in [1.807, 2.05) is 12.1 Å². The van der Waals surface area contributed by atoms with E-state index in [4.69, 9.17) is 9.47 Å². The third kappa shape index (κ3) is 4.49. The molecule has 2 aromatic carbocycles. The molecule has 2 rings (SSSR count). The van der Waals surface area contributed by atoms with Crippen LogP contribution in [0, 0.1) is 0 Å². The molecule has 0 atom stereocenters. The topological polar surface area (TPSA) is 58.9 Å². The molecule has 0 spiro atoms. The maximum absolute atomic E-state index is 10.6.